The Hall–Kier alpha value is -1.68. The van der Waals surface area contributed by atoms with Crippen molar-refractivity contribution >= 4 is 16.7 Å². The van der Waals surface area contributed by atoms with Crippen LogP contribution in [0.25, 0.3) is 10.9 Å². The number of ether oxygens (including phenoxy) is 1. The zero-order chi connectivity index (χ0) is 15.4. The number of carbonyl (C=O) groups is 1. The molecule has 21 heavy (non-hydrogen) atoms. The van der Waals surface area contributed by atoms with Crippen LogP contribution in [-0.2, 0) is 11.8 Å². The molecule has 1 fully saturated rings. The average Bonchev–Trinajstić information content (AvgIpc) is 2.83. The van der Waals surface area contributed by atoms with Gasteiger partial charge in [-0.3, -0.25) is 9.48 Å². The fourth-order valence-electron chi connectivity index (χ4n) is 3.53. The van der Waals surface area contributed by atoms with Crippen LogP contribution in [0.1, 0.15) is 44.6 Å². The summed E-state index contributed by atoms with van der Waals surface area (Å²) >= 11 is 0. The van der Waals surface area contributed by atoms with Gasteiger partial charge < -0.3 is 4.74 Å². The quantitative estimate of drug-likeness (QED) is 0.795. The van der Waals surface area contributed by atoms with Crippen LogP contribution in [0, 0.1) is 5.92 Å². The van der Waals surface area contributed by atoms with Gasteiger partial charge in [0.1, 0.15) is 5.69 Å². The Morgan fingerprint density at radius 3 is 2.57 bits per heavy atom. The normalized spacial score (nSPS) is 23.6. The zero-order valence-electron chi connectivity index (χ0n) is 13.3. The maximum atomic E-state index is 13.0. The molecule has 1 unspecified atom stereocenters. The van der Waals surface area contributed by atoms with Crippen molar-refractivity contribution in [2.24, 2.45) is 13.0 Å². The SMILES string of the molecule is Cn1nc(C(=O)C2CC(C)(C)OC2(C)C)c2ccccc21. The van der Waals surface area contributed by atoms with Crippen molar-refractivity contribution in [3.05, 3.63) is 30.0 Å². The van der Waals surface area contributed by atoms with E-state index in [1.165, 1.54) is 0 Å². The molecule has 0 aliphatic carbocycles. The number of rotatable bonds is 2. The third-order valence-electron chi connectivity index (χ3n) is 4.38. The summed E-state index contributed by atoms with van der Waals surface area (Å²) in [6.45, 7) is 8.07. The molecule has 0 bridgehead atoms. The summed E-state index contributed by atoms with van der Waals surface area (Å²) in [5, 5.41) is 5.38. The lowest BCUT2D eigenvalue weighted by Crippen LogP contribution is -2.34. The second-order valence-electron chi connectivity index (χ2n) is 7.08. The highest BCUT2D eigenvalue weighted by molar-refractivity contribution is 6.07. The molecule has 2 aromatic rings. The molecule has 1 aromatic carbocycles. The number of benzene rings is 1. The molecule has 112 valence electrons. The Morgan fingerprint density at radius 2 is 1.95 bits per heavy atom. The van der Waals surface area contributed by atoms with Crippen molar-refractivity contribution in [2.75, 3.05) is 0 Å². The molecule has 1 atom stereocenters. The first-order valence-electron chi connectivity index (χ1n) is 7.37. The molecular formula is C17H22N2O2. The van der Waals surface area contributed by atoms with Crippen molar-refractivity contribution in [1.29, 1.82) is 0 Å². The Balaban J connectivity index is 2.06. The minimum Gasteiger partial charge on any atom is -0.369 e. The van der Waals surface area contributed by atoms with Crippen LogP contribution >= 0.6 is 0 Å². The van der Waals surface area contributed by atoms with Gasteiger partial charge >= 0.3 is 0 Å². The van der Waals surface area contributed by atoms with Crippen LogP contribution in [0.4, 0.5) is 0 Å². The van der Waals surface area contributed by atoms with Crippen LogP contribution < -0.4 is 0 Å². The van der Waals surface area contributed by atoms with Crippen molar-refractivity contribution in [2.45, 2.75) is 45.3 Å². The number of nitrogens with zero attached hydrogens (tertiary/aromatic N) is 2. The lowest BCUT2D eigenvalue weighted by molar-refractivity contribution is -0.0712. The summed E-state index contributed by atoms with van der Waals surface area (Å²) in [4.78, 5) is 13.0. The van der Waals surface area contributed by atoms with Gasteiger partial charge in [-0.1, -0.05) is 18.2 Å². The van der Waals surface area contributed by atoms with Gasteiger partial charge in [0.25, 0.3) is 0 Å². The summed E-state index contributed by atoms with van der Waals surface area (Å²) in [7, 11) is 1.87. The van der Waals surface area contributed by atoms with E-state index in [0.29, 0.717) is 5.69 Å². The van der Waals surface area contributed by atoms with Gasteiger partial charge in [-0.15, -0.1) is 0 Å². The van der Waals surface area contributed by atoms with Crippen LogP contribution in [0.15, 0.2) is 24.3 Å². The fourth-order valence-corrected chi connectivity index (χ4v) is 3.53. The topological polar surface area (TPSA) is 44.1 Å². The molecule has 2 heterocycles. The van der Waals surface area contributed by atoms with Crippen LogP contribution in [0.3, 0.4) is 0 Å². The van der Waals surface area contributed by atoms with E-state index in [1.807, 2.05) is 59.0 Å². The van der Waals surface area contributed by atoms with Gasteiger partial charge in [0.15, 0.2) is 5.78 Å². The highest BCUT2D eigenvalue weighted by atomic mass is 16.5. The summed E-state index contributed by atoms with van der Waals surface area (Å²) in [6, 6.07) is 7.86. The average molecular weight is 286 g/mol. The number of aromatic nitrogens is 2. The second-order valence-corrected chi connectivity index (χ2v) is 7.08. The molecule has 1 aliphatic heterocycles. The van der Waals surface area contributed by atoms with Crippen LogP contribution in [0.2, 0.25) is 0 Å². The molecule has 1 aromatic heterocycles. The molecule has 1 saturated heterocycles. The van der Waals surface area contributed by atoms with E-state index in [0.717, 1.165) is 17.3 Å². The van der Waals surface area contributed by atoms with E-state index in [-0.39, 0.29) is 17.3 Å². The van der Waals surface area contributed by atoms with Gasteiger partial charge in [-0.05, 0) is 40.2 Å². The maximum absolute atomic E-state index is 13.0. The van der Waals surface area contributed by atoms with Crippen LogP contribution in [0.5, 0.6) is 0 Å². The van der Waals surface area contributed by atoms with Crippen LogP contribution in [-0.4, -0.2) is 26.8 Å². The third kappa shape index (κ3) is 2.27. The number of ketones is 1. The molecule has 0 amide bonds. The van der Waals surface area contributed by atoms with E-state index in [2.05, 4.69) is 5.10 Å². The minimum atomic E-state index is -0.459. The predicted octanol–water partition coefficient (Wildman–Crippen LogP) is 3.35. The number of para-hydroxylation sites is 1. The van der Waals surface area contributed by atoms with E-state index in [4.69, 9.17) is 4.74 Å². The molecule has 0 spiro atoms. The molecule has 0 radical (unpaired) electrons. The number of hydrogen-bond donors (Lipinski definition) is 0. The van der Waals surface area contributed by atoms with E-state index in [9.17, 15) is 4.79 Å². The monoisotopic (exact) mass is 286 g/mol. The maximum Gasteiger partial charge on any atom is 0.189 e. The summed E-state index contributed by atoms with van der Waals surface area (Å²) < 4.78 is 7.83. The van der Waals surface area contributed by atoms with E-state index < -0.39 is 5.60 Å². The van der Waals surface area contributed by atoms with Gasteiger partial charge in [-0.25, -0.2) is 0 Å². The summed E-state index contributed by atoms with van der Waals surface area (Å²) in [5.41, 5.74) is 0.817. The Kier molecular flexibility index (Phi) is 2.99. The number of aryl methyl sites for hydroxylation is 1. The predicted molar refractivity (Wildman–Crippen MR) is 82.4 cm³/mol. The van der Waals surface area contributed by atoms with E-state index in [1.54, 1.807) is 4.68 Å². The Labute approximate surface area is 125 Å². The molecule has 0 N–H and O–H groups in total. The first-order chi connectivity index (χ1) is 9.71. The molecule has 0 saturated carbocycles. The fraction of sp³-hybridized carbons (Fsp3) is 0.529. The Bertz CT molecular complexity index is 713. The van der Waals surface area contributed by atoms with Gasteiger partial charge in [0.05, 0.1) is 22.6 Å². The third-order valence-corrected chi connectivity index (χ3v) is 4.38. The molecule has 3 rings (SSSR count). The molecule has 1 aliphatic rings. The first-order valence-corrected chi connectivity index (χ1v) is 7.37. The van der Waals surface area contributed by atoms with Gasteiger partial charge in [0, 0.05) is 12.4 Å². The lowest BCUT2D eigenvalue weighted by atomic mass is 9.82. The van der Waals surface area contributed by atoms with E-state index >= 15 is 0 Å². The van der Waals surface area contributed by atoms with Crippen molar-refractivity contribution in [1.82, 2.24) is 9.78 Å². The van der Waals surface area contributed by atoms with Crippen molar-refractivity contribution in [3.8, 4) is 0 Å². The number of fused-ring (bicyclic) bond motifs is 1. The molecule has 4 heteroatoms. The molecule has 4 nitrogen and oxygen atoms in total. The number of carbonyl (C=O) groups excluding carboxylic acids is 1. The van der Waals surface area contributed by atoms with Gasteiger partial charge in [0.2, 0.25) is 0 Å². The minimum absolute atomic E-state index is 0.0855. The number of Topliss-reactive ketones (excluding diaryl/α,β-unsaturated/α-hetero) is 1. The summed E-state index contributed by atoms with van der Waals surface area (Å²) in [5.74, 6) is -0.0758. The zero-order valence-corrected chi connectivity index (χ0v) is 13.3. The highest BCUT2D eigenvalue weighted by Crippen LogP contribution is 2.43. The van der Waals surface area contributed by atoms with Gasteiger partial charge in [-0.2, -0.15) is 5.10 Å². The highest BCUT2D eigenvalue weighted by Gasteiger charge is 2.50. The smallest absolute Gasteiger partial charge is 0.189 e. The van der Waals surface area contributed by atoms with Crippen molar-refractivity contribution < 1.29 is 9.53 Å². The summed E-state index contributed by atoms with van der Waals surface area (Å²) in [6.07, 6.45) is 0.726. The number of hydrogen-bond acceptors (Lipinski definition) is 3. The second kappa shape index (κ2) is 4.41. The largest absolute Gasteiger partial charge is 0.369 e. The standard InChI is InChI=1S/C17H22N2O2/c1-16(2)10-12(17(3,4)21-16)15(20)14-11-8-6-7-9-13(11)19(5)18-14/h6-9,12H,10H2,1-5H3. The Morgan fingerprint density at radius 1 is 1.29 bits per heavy atom. The molecular weight excluding hydrogens is 264 g/mol. The lowest BCUT2D eigenvalue weighted by Gasteiger charge is -2.26. The first kappa shape index (κ1) is 14.3. The van der Waals surface area contributed by atoms with Crippen molar-refractivity contribution in [3.63, 3.8) is 0 Å².